The monoisotopic (exact) mass is 202 g/mol. The topological polar surface area (TPSA) is 46.5 Å². The summed E-state index contributed by atoms with van der Waals surface area (Å²) in [6, 6.07) is 0. The molecule has 2 heterocycles. The van der Waals surface area contributed by atoms with E-state index in [1.165, 1.54) is 0 Å². The van der Waals surface area contributed by atoms with Gasteiger partial charge in [-0.3, -0.25) is 4.79 Å². The summed E-state index contributed by atoms with van der Waals surface area (Å²) in [4.78, 5) is 11.0. The Bertz CT molecular complexity index is 211. The summed E-state index contributed by atoms with van der Waals surface area (Å²) >= 11 is 1.80. The van der Waals surface area contributed by atoms with Gasteiger partial charge >= 0.3 is 5.97 Å². The van der Waals surface area contributed by atoms with Gasteiger partial charge in [-0.25, -0.2) is 0 Å². The van der Waals surface area contributed by atoms with Gasteiger partial charge in [0.2, 0.25) is 0 Å². The smallest absolute Gasteiger partial charge is 0.308 e. The molecule has 0 bridgehead atoms. The van der Waals surface area contributed by atoms with Crippen LogP contribution in [-0.2, 0) is 9.53 Å². The molecular formula is C9H14O3S. The Morgan fingerprint density at radius 3 is 3.08 bits per heavy atom. The molecule has 1 N–H and O–H groups in total. The molecule has 4 heteroatoms. The lowest BCUT2D eigenvalue weighted by molar-refractivity contribution is -0.144. The van der Waals surface area contributed by atoms with E-state index in [4.69, 9.17) is 9.84 Å². The van der Waals surface area contributed by atoms with E-state index in [1.54, 1.807) is 11.8 Å². The van der Waals surface area contributed by atoms with Crippen LogP contribution in [-0.4, -0.2) is 34.8 Å². The van der Waals surface area contributed by atoms with Gasteiger partial charge < -0.3 is 9.84 Å². The molecule has 0 aromatic rings. The molecule has 2 atom stereocenters. The third-order valence-corrected chi connectivity index (χ3v) is 4.59. The van der Waals surface area contributed by atoms with Crippen molar-refractivity contribution in [3.63, 3.8) is 0 Å². The lowest BCUT2D eigenvalue weighted by Gasteiger charge is -2.35. The second-order valence-electron chi connectivity index (χ2n) is 3.75. The SMILES string of the molecule is O=C(O)C1CCSC12CCCOC2. The third-order valence-electron chi connectivity index (χ3n) is 2.96. The number of rotatable bonds is 1. The number of hydrogen-bond donors (Lipinski definition) is 1. The number of carbonyl (C=O) groups is 1. The van der Waals surface area contributed by atoms with Gasteiger partial charge in [0.25, 0.3) is 0 Å². The molecule has 2 aliphatic heterocycles. The molecule has 0 aromatic heterocycles. The average Bonchev–Trinajstić information content (AvgIpc) is 2.50. The van der Waals surface area contributed by atoms with Crippen molar-refractivity contribution in [2.24, 2.45) is 5.92 Å². The Balaban J connectivity index is 2.13. The largest absolute Gasteiger partial charge is 0.481 e. The Labute approximate surface area is 81.8 Å². The lowest BCUT2D eigenvalue weighted by Crippen LogP contribution is -2.42. The maximum absolute atomic E-state index is 11.0. The van der Waals surface area contributed by atoms with Gasteiger partial charge in [-0.2, -0.15) is 11.8 Å². The van der Waals surface area contributed by atoms with Gasteiger partial charge in [-0.15, -0.1) is 0 Å². The molecule has 2 aliphatic rings. The van der Waals surface area contributed by atoms with Crippen molar-refractivity contribution >= 4 is 17.7 Å². The van der Waals surface area contributed by atoms with Crippen LogP contribution in [0.15, 0.2) is 0 Å². The molecule has 13 heavy (non-hydrogen) atoms. The Kier molecular flexibility index (Phi) is 2.51. The van der Waals surface area contributed by atoms with Crippen LogP contribution in [0, 0.1) is 5.92 Å². The molecule has 74 valence electrons. The molecule has 2 unspecified atom stereocenters. The quantitative estimate of drug-likeness (QED) is 0.697. The Hall–Kier alpha value is -0.220. The molecule has 1 spiro atoms. The number of carboxylic acid groups (broad SMARTS) is 1. The zero-order valence-corrected chi connectivity index (χ0v) is 8.31. The van der Waals surface area contributed by atoms with Gasteiger partial charge in [0.15, 0.2) is 0 Å². The van der Waals surface area contributed by atoms with E-state index < -0.39 is 5.97 Å². The first-order valence-corrected chi connectivity index (χ1v) is 5.68. The number of ether oxygens (including phenoxy) is 1. The first-order valence-electron chi connectivity index (χ1n) is 4.69. The van der Waals surface area contributed by atoms with E-state index in [9.17, 15) is 4.79 Å². The van der Waals surface area contributed by atoms with Crippen LogP contribution in [0.5, 0.6) is 0 Å². The normalized spacial score (nSPS) is 39.5. The summed E-state index contributed by atoms with van der Waals surface area (Å²) in [6.07, 6.45) is 2.83. The van der Waals surface area contributed by atoms with Crippen molar-refractivity contribution in [1.29, 1.82) is 0 Å². The summed E-state index contributed by atoms with van der Waals surface area (Å²) in [5, 5.41) is 9.06. The zero-order chi connectivity index (χ0) is 9.31. The molecule has 2 rings (SSSR count). The first-order chi connectivity index (χ1) is 6.25. The van der Waals surface area contributed by atoms with Gasteiger partial charge in [0.1, 0.15) is 0 Å². The standard InChI is InChI=1S/C9H14O3S/c10-8(11)7-2-5-13-9(7)3-1-4-12-6-9/h7H,1-6H2,(H,10,11). The minimum atomic E-state index is -0.643. The molecule has 0 saturated carbocycles. The van der Waals surface area contributed by atoms with E-state index in [-0.39, 0.29) is 10.7 Å². The minimum absolute atomic E-state index is 0.0932. The van der Waals surface area contributed by atoms with Crippen LogP contribution >= 0.6 is 11.8 Å². The van der Waals surface area contributed by atoms with Crippen molar-refractivity contribution < 1.29 is 14.6 Å². The highest BCUT2D eigenvalue weighted by molar-refractivity contribution is 8.01. The molecule has 2 saturated heterocycles. The molecule has 0 radical (unpaired) electrons. The first kappa shape index (κ1) is 9.34. The van der Waals surface area contributed by atoms with Crippen molar-refractivity contribution in [1.82, 2.24) is 0 Å². The fraction of sp³-hybridized carbons (Fsp3) is 0.889. The fourth-order valence-electron chi connectivity index (χ4n) is 2.27. The van der Waals surface area contributed by atoms with Crippen molar-refractivity contribution in [3.05, 3.63) is 0 Å². The van der Waals surface area contributed by atoms with Crippen molar-refractivity contribution in [2.45, 2.75) is 24.0 Å². The van der Waals surface area contributed by atoms with E-state index in [0.717, 1.165) is 31.6 Å². The summed E-state index contributed by atoms with van der Waals surface area (Å²) in [7, 11) is 0. The fourth-order valence-corrected chi connectivity index (χ4v) is 3.91. The predicted molar refractivity (Wildman–Crippen MR) is 51.0 cm³/mol. The van der Waals surface area contributed by atoms with Crippen LogP contribution in [0.3, 0.4) is 0 Å². The van der Waals surface area contributed by atoms with Crippen LogP contribution in [0.4, 0.5) is 0 Å². The minimum Gasteiger partial charge on any atom is -0.481 e. The van der Waals surface area contributed by atoms with Gasteiger partial charge in [0, 0.05) is 6.61 Å². The highest BCUT2D eigenvalue weighted by Crippen LogP contribution is 2.47. The Morgan fingerprint density at radius 1 is 1.62 bits per heavy atom. The maximum atomic E-state index is 11.0. The molecule has 0 aromatic carbocycles. The van der Waals surface area contributed by atoms with Gasteiger partial charge in [0.05, 0.1) is 17.3 Å². The van der Waals surface area contributed by atoms with Crippen molar-refractivity contribution in [3.8, 4) is 0 Å². The van der Waals surface area contributed by atoms with Crippen molar-refractivity contribution in [2.75, 3.05) is 19.0 Å². The van der Waals surface area contributed by atoms with Crippen LogP contribution < -0.4 is 0 Å². The number of aliphatic carboxylic acids is 1. The average molecular weight is 202 g/mol. The summed E-state index contributed by atoms with van der Waals surface area (Å²) in [5.41, 5.74) is 0. The van der Waals surface area contributed by atoms with Gasteiger partial charge in [-0.1, -0.05) is 0 Å². The van der Waals surface area contributed by atoms with Crippen LogP contribution in [0.1, 0.15) is 19.3 Å². The van der Waals surface area contributed by atoms with E-state index in [0.29, 0.717) is 6.61 Å². The van der Waals surface area contributed by atoms with E-state index in [1.807, 2.05) is 0 Å². The molecule has 3 nitrogen and oxygen atoms in total. The summed E-state index contributed by atoms with van der Waals surface area (Å²) in [5.74, 6) is 0.147. The predicted octanol–water partition coefficient (Wildman–Crippen LogP) is 1.37. The van der Waals surface area contributed by atoms with Crippen LogP contribution in [0.2, 0.25) is 0 Å². The molecule has 0 amide bonds. The maximum Gasteiger partial charge on any atom is 0.308 e. The number of thioether (sulfide) groups is 1. The summed E-state index contributed by atoms with van der Waals surface area (Å²) in [6.45, 7) is 1.43. The molecule has 2 fully saturated rings. The lowest BCUT2D eigenvalue weighted by atomic mass is 9.85. The summed E-state index contributed by atoms with van der Waals surface area (Å²) < 4.78 is 5.31. The Morgan fingerprint density at radius 2 is 2.46 bits per heavy atom. The molecule has 0 aliphatic carbocycles. The number of carboxylic acids is 1. The molecular weight excluding hydrogens is 188 g/mol. The number of hydrogen-bond acceptors (Lipinski definition) is 3. The second-order valence-corrected chi connectivity index (χ2v) is 5.26. The zero-order valence-electron chi connectivity index (χ0n) is 7.49. The highest BCUT2D eigenvalue weighted by atomic mass is 32.2. The second kappa shape index (κ2) is 3.50. The third kappa shape index (κ3) is 1.57. The highest BCUT2D eigenvalue weighted by Gasteiger charge is 2.48. The van der Waals surface area contributed by atoms with E-state index in [2.05, 4.69) is 0 Å². The van der Waals surface area contributed by atoms with E-state index >= 15 is 0 Å². The van der Waals surface area contributed by atoms with Crippen LogP contribution in [0.25, 0.3) is 0 Å². The van der Waals surface area contributed by atoms with Gasteiger partial charge in [-0.05, 0) is 25.0 Å².